The monoisotopic (exact) mass is 1130 g/mol. The van der Waals surface area contributed by atoms with E-state index in [1.54, 1.807) is 0 Å². The minimum Gasteiger partial charge on any atom is -0.462 e. The number of hydrogen-bond acceptors (Lipinski definition) is 6. The maximum absolute atomic E-state index is 12.9. The summed E-state index contributed by atoms with van der Waals surface area (Å²) in [6.45, 7) is 6.52. The lowest BCUT2D eigenvalue weighted by Crippen LogP contribution is -2.30. The third-order valence-corrected chi connectivity index (χ3v) is 15.7. The predicted octanol–water partition coefficient (Wildman–Crippen LogP) is 24.4. The van der Waals surface area contributed by atoms with Crippen molar-refractivity contribution in [1.82, 2.24) is 0 Å². The van der Waals surface area contributed by atoms with E-state index in [4.69, 9.17) is 14.2 Å². The van der Waals surface area contributed by atoms with Crippen LogP contribution in [0.1, 0.15) is 367 Å². The average Bonchev–Trinajstić information content (AvgIpc) is 3.46. The lowest BCUT2D eigenvalue weighted by molar-refractivity contribution is -0.167. The van der Waals surface area contributed by atoms with Gasteiger partial charge in [0, 0.05) is 19.3 Å². The van der Waals surface area contributed by atoms with Crippen LogP contribution in [-0.2, 0) is 28.6 Å². The minimum atomic E-state index is -0.774. The highest BCUT2D eigenvalue weighted by molar-refractivity contribution is 5.71. The highest BCUT2D eigenvalue weighted by atomic mass is 16.6. The molecule has 0 radical (unpaired) electrons. The molecule has 0 fully saturated rings. The van der Waals surface area contributed by atoms with E-state index in [0.717, 1.165) is 89.9 Å². The van der Waals surface area contributed by atoms with Crippen molar-refractivity contribution in [1.29, 1.82) is 0 Å². The van der Waals surface area contributed by atoms with Crippen molar-refractivity contribution in [2.45, 2.75) is 374 Å². The highest BCUT2D eigenvalue weighted by Gasteiger charge is 2.19. The molecule has 0 rings (SSSR count). The maximum atomic E-state index is 12.9. The summed E-state index contributed by atoms with van der Waals surface area (Å²) in [5.74, 6) is -0.865. The van der Waals surface area contributed by atoms with Crippen molar-refractivity contribution >= 4 is 17.9 Å². The molecule has 6 heteroatoms. The van der Waals surface area contributed by atoms with Gasteiger partial charge in [-0.05, 0) is 89.9 Å². The van der Waals surface area contributed by atoms with Crippen molar-refractivity contribution < 1.29 is 28.6 Å². The van der Waals surface area contributed by atoms with Crippen LogP contribution in [0, 0.1) is 0 Å². The Morgan fingerprint density at radius 1 is 0.259 bits per heavy atom. The molecule has 1 atom stereocenters. The Labute approximate surface area is 503 Å². The van der Waals surface area contributed by atoms with Crippen molar-refractivity contribution in [3.05, 3.63) is 72.9 Å². The number of esters is 3. The molecule has 0 saturated heterocycles. The van der Waals surface area contributed by atoms with E-state index in [2.05, 4.69) is 93.7 Å². The van der Waals surface area contributed by atoms with Gasteiger partial charge in [-0.3, -0.25) is 14.4 Å². The molecule has 0 aromatic carbocycles. The average molecular weight is 1130 g/mol. The molecule has 470 valence electrons. The maximum Gasteiger partial charge on any atom is 0.306 e. The Morgan fingerprint density at radius 2 is 0.481 bits per heavy atom. The highest BCUT2D eigenvalue weighted by Crippen LogP contribution is 2.18. The van der Waals surface area contributed by atoms with Crippen LogP contribution in [0.5, 0.6) is 0 Å². The molecule has 81 heavy (non-hydrogen) atoms. The van der Waals surface area contributed by atoms with Crippen molar-refractivity contribution in [2.24, 2.45) is 0 Å². The number of allylic oxidation sites excluding steroid dienone is 12. The molecule has 0 N–H and O–H groups in total. The minimum absolute atomic E-state index is 0.0725. The lowest BCUT2D eigenvalue weighted by atomic mass is 10.0. The summed E-state index contributed by atoms with van der Waals surface area (Å²) < 4.78 is 16.9. The van der Waals surface area contributed by atoms with Gasteiger partial charge in [-0.1, -0.05) is 331 Å². The van der Waals surface area contributed by atoms with Crippen LogP contribution in [0.15, 0.2) is 72.9 Å². The normalized spacial score (nSPS) is 12.5. The third-order valence-electron chi connectivity index (χ3n) is 15.7. The zero-order valence-electron chi connectivity index (χ0n) is 54.1. The van der Waals surface area contributed by atoms with Crippen LogP contribution in [0.25, 0.3) is 0 Å². The topological polar surface area (TPSA) is 78.9 Å². The molecule has 0 bridgehead atoms. The first-order valence-electron chi connectivity index (χ1n) is 35.4. The van der Waals surface area contributed by atoms with Crippen molar-refractivity contribution in [2.75, 3.05) is 13.2 Å². The molecule has 0 aromatic rings. The number of hydrogen-bond donors (Lipinski definition) is 0. The van der Waals surface area contributed by atoms with E-state index < -0.39 is 6.10 Å². The molecular weight excluding hydrogens is 997 g/mol. The Bertz CT molecular complexity index is 1490. The number of carbonyl (C=O) groups excluding carboxylic acids is 3. The summed E-state index contributed by atoms with van der Waals surface area (Å²) in [5.41, 5.74) is 0. The van der Waals surface area contributed by atoms with Crippen LogP contribution in [0.2, 0.25) is 0 Å². The predicted molar refractivity (Wildman–Crippen MR) is 353 cm³/mol. The Balaban J connectivity index is 4.01. The van der Waals surface area contributed by atoms with Crippen LogP contribution in [0.3, 0.4) is 0 Å². The van der Waals surface area contributed by atoms with Crippen LogP contribution >= 0.6 is 0 Å². The summed E-state index contributed by atoms with van der Waals surface area (Å²) >= 11 is 0. The Hall–Kier alpha value is -3.15. The fraction of sp³-hybridized carbons (Fsp3) is 0.800. The summed E-state index contributed by atoms with van der Waals surface area (Å²) in [5, 5.41) is 0. The molecule has 0 spiro atoms. The molecular formula is C75H134O6. The van der Waals surface area contributed by atoms with Gasteiger partial charge in [0.2, 0.25) is 0 Å². The van der Waals surface area contributed by atoms with Crippen LogP contribution in [0.4, 0.5) is 0 Å². The van der Waals surface area contributed by atoms with E-state index in [-0.39, 0.29) is 31.1 Å². The largest absolute Gasteiger partial charge is 0.462 e. The van der Waals surface area contributed by atoms with E-state index in [1.165, 1.54) is 238 Å². The first kappa shape index (κ1) is 77.9. The molecule has 0 heterocycles. The fourth-order valence-corrected chi connectivity index (χ4v) is 10.4. The molecule has 0 aliphatic carbocycles. The summed E-state index contributed by atoms with van der Waals surface area (Å²) in [7, 11) is 0. The first-order valence-corrected chi connectivity index (χ1v) is 35.4. The van der Waals surface area contributed by atoms with Gasteiger partial charge in [0.1, 0.15) is 13.2 Å². The number of rotatable bonds is 65. The number of ether oxygens (including phenoxy) is 3. The van der Waals surface area contributed by atoms with Crippen LogP contribution in [-0.4, -0.2) is 37.2 Å². The van der Waals surface area contributed by atoms with Gasteiger partial charge in [-0.25, -0.2) is 0 Å². The van der Waals surface area contributed by atoms with Gasteiger partial charge in [0.25, 0.3) is 0 Å². The fourth-order valence-electron chi connectivity index (χ4n) is 10.4. The van der Waals surface area contributed by atoms with E-state index >= 15 is 0 Å². The third kappa shape index (κ3) is 67.5. The zero-order valence-corrected chi connectivity index (χ0v) is 54.1. The number of carbonyl (C=O) groups is 3. The summed E-state index contributed by atoms with van der Waals surface area (Å²) in [4.78, 5) is 38.2. The van der Waals surface area contributed by atoms with E-state index in [9.17, 15) is 14.4 Å². The molecule has 0 aromatic heterocycles. The summed E-state index contributed by atoms with van der Waals surface area (Å²) in [6.07, 6.45) is 91.1. The first-order chi connectivity index (χ1) is 40.0. The zero-order chi connectivity index (χ0) is 58.5. The molecule has 1 unspecified atom stereocenters. The lowest BCUT2D eigenvalue weighted by Gasteiger charge is -2.18. The Kier molecular flexibility index (Phi) is 66.6. The van der Waals surface area contributed by atoms with E-state index in [0.29, 0.717) is 19.3 Å². The number of unbranched alkanes of at least 4 members (excludes halogenated alkanes) is 42. The van der Waals surface area contributed by atoms with Gasteiger partial charge in [-0.2, -0.15) is 0 Å². The second-order valence-corrected chi connectivity index (χ2v) is 23.8. The quantitative estimate of drug-likeness (QED) is 0.0261. The van der Waals surface area contributed by atoms with Gasteiger partial charge >= 0.3 is 17.9 Å². The molecule has 0 aliphatic rings. The van der Waals surface area contributed by atoms with Gasteiger partial charge in [0.05, 0.1) is 0 Å². The SMILES string of the molecule is CC/C=C\C/C=C\C/C=C\C/C=C\CCCCCCCCCCCCC(=O)OC(COC(=O)CCCCCCCCC)COC(=O)CCCCCCCCCCCCCCCCCCCCCCC/C=C\C/C=C\CCCCCCC. The van der Waals surface area contributed by atoms with Gasteiger partial charge < -0.3 is 14.2 Å². The van der Waals surface area contributed by atoms with Gasteiger partial charge in [0.15, 0.2) is 6.10 Å². The smallest absolute Gasteiger partial charge is 0.306 e. The molecule has 6 nitrogen and oxygen atoms in total. The second kappa shape index (κ2) is 69.3. The van der Waals surface area contributed by atoms with E-state index in [1.807, 2.05) is 0 Å². The second-order valence-electron chi connectivity index (χ2n) is 23.8. The van der Waals surface area contributed by atoms with Crippen molar-refractivity contribution in [3.8, 4) is 0 Å². The van der Waals surface area contributed by atoms with Gasteiger partial charge in [-0.15, -0.1) is 0 Å². The standard InChI is InChI=1S/C75H134O6/c1-4-7-10-13-16-18-20-22-24-26-28-30-32-33-34-35-36-37-38-39-40-41-43-44-46-48-50-52-54-56-59-62-65-68-74(77)80-71-72(70-79-73(76)67-64-61-58-15-12-9-6-3)81-75(78)69-66-63-60-57-55-53-51-49-47-45-42-31-29-27-25-23-21-19-17-14-11-8-5-2/h8,11,17,19-20,22-23,25-26,28-29,31,72H,4-7,9-10,12-16,18,21,24,27,30,32-71H2,1-3H3/b11-8-,19-17-,22-20-,25-23-,28-26-,31-29-. The molecule has 0 amide bonds. The molecule has 0 aliphatic heterocycles. The van der Waals surface area contributed by atoms with Crippen molar-refractivity contribution in [3.63, 3.8) is 0 Å². The van der Waals surface area contributed by atoms with Crippen LogP contribution < -0.4 is 0 Å². The Morgan fingerprint density at radius 3 is 0.753 bits per heavy atom. The molecule has 0 saturated carbocycles. The summed E-state index contributed by atoms with van der Waals surface area (Å²) in [6, 6.07) is 0.